The smallest absolute Gasteiger partial charge is 0.246 e. The first-order valence-corrected chi connectivity index (χ1v) is 5.93. The number of nitrogens with one attached hydrogen (secondary N) is 1. The van der Waals surface area contributed by atoms with Crippen LogP contribution in [0.5, 0.6) is 0 Å². The predicted molar refractivity (Wildman–Crippen MR) is 59.7 cm³/mol. The zero-order chi connectivity index (χ0) is 12.4. The molecule has 1 saturated carbocycles. The summed E-state index contributed by atoms with van der Waals surface area (Å²) >= 11 is 0. The zero-order valence-electron chi connectivity index (χ0n) is 9.65. The van der Waals surface area contributed by atoms with E-state index in [0.717, 1.165) is 25.7 Å². The Kier molecular flexibility index (Phi) is 3.42. The number of amides is 3. The SMILES string of the molecule is NC1CCC(C(=O)N2CC(=O)NC(=O)C2)CC1. The molecule has 6 heteroatoms. The van der Waals surface area contributed by atoms with Crippen molar-refractivity contribution in [2.45, 2.75) is 31.7 Å². The van der Waals surface area contributed by atoms with E-state index in [1.807, 2.05) is 0 Å². The molecule has 94 valence electrons. The lowest BCUT2D eigenvalue weighted by atomic mass is 9.85. The summed E-state index contributed by atoms with van der Waals surface area (Å²) < 4.78 is 0. The Bertz CT molecular complexity index is 332. The van der Waals surface area contributed by atoms with Gasteiger partial charge in [0.05, 0.1) is 0 Å². The Morgan fingerprint density at radius 3 is 2.18 bits per heavy atom. The summed E-state index contributed by atoms with van der Waals surface area (Å²) in [5.74, 6) is -0.960. The van der Waals surface area contributed by atoms with Crippen molar-refractivity contribution in [3.8, 4) is 0 Å². The number of hydrogen-bond acceptors (Lipinski definition) is 4. The Balaban J connectivity index is 1.95. The van der Waals surface area contributed by atoms with Crippen molar-refractivity contribution < 1.29 is 14.4 Å². The highest BCUT2D eigenvalue weighted by Crippen LogP contribution is 2.25. The van der Waals surface area contributed by atoms with Crippen molar-refractivity contribution in [3.05, 3.63) is 0 Å². The molecule has 0 spiro atoms. The average molecular weight is 239 g/mol. The summed E-state index contributed by atoms with van der Waals surface area (Å²) in [5, 5.41) is 2.18. The molecular weight excluding hydrogens is 222 g/mol. The van der Waals surface area contributed by atoms with Crippen LogP contribution in [0.15, 0.2) is 0 Å². The fourth-order valence-electron chi connectivity index (χ4n) is 2.42. The summed E-state index contributed by atoms with van der Waals surface area (Å²) in [6.45, 7) is -0.0136. The van der Waals surface area contributed by atoms with Crippen molar-refractivity contribution in [1.29, 1.82) is 0 Å². The van der Waals surface area contributed by atoms with E-state index in [9.17, 15) is 14.4 Å². The Morgan fingerprint density at radius 1 is 1.12 bits per heavy atom. The highest BCUT2D eigenvalue weighted by Gasteiger charge is 2.32. The number of piperazine rings is 1. The normalized spacial score (nSPS) is 30.1. The fourth-order valence-corrected chi connectivity index (χ4v) is 2.42. The molecule has 17 heavy (non-hydrogen) atoms. The maximum absolute atomic E-state index is 12.1. The van der Waals surface area contributed by atoms with Crippen LogP contribution in [0.3, 0.4) is 0 Å². The van der Waals surface area contributed by atoms with Crippen LogP contribution in [0.25, 0.3) is 0 Å². The lowest BCUT2D eigenvalue weighted by Crippen LogP contribution is -2.55. The fraction of sp³-hybridized carbons (Fsp3) is 0.727. The molecule has 1 heterocycles. The van der Waals surface area contributed by atoms with E-state index >= 15 is 0 Å². The molecule has 2 aliphatic rings. The van der Waals surface area contributed by atoms with E-state index in [0.29, 0.717) is 0 Å². The van der Waals surface area contributed by atoms with Gasteiger partial charge in [0, 0.05) is 12.0 Å². The van der Waals surface area contributed by atoms with Gasteiger partial charge in [-0.3, -0.25) is 19.7 Å². The lowest BCUT2D eigenvalue weighted by molar-refractivity contribution is -0.148. The number of nitrogens with two attached hydrogens (primary N) is 1. The molecule has 0 bridgehead atoms. The summed E-state index contributed by atoms with van der Waals surface area (Å²) in [6, 6.07) is 0.185. The number of imide groups is 1. The summed E-state index contributed by atoms with van der Waals surface area (Å²) in [7, 11) is 0. The maximum Gasteiger partial charge on any atom is 0.246 e. The second-order valence-electron chi connectivity index (χ2n) is 4.78. The van der Waals surface area contributed by atoms with Gasteiger partial charge < -0.3 is 10.6 Å². The van der Waals surface area contributed by atoms with Gasteiger partial charge in [0.15, 0.2) is 0 Å². The van der Waals surface area contributed by atoms with Crippen molar-refractivity contribution >= 4 is 17.7 Å². The minimum Gasteiger partial charge on any atom is -0.328 e. The molecule has 0 atom stereocenters. The monoisotopic (exact) mass is 239 g/mol. The molecule has 3 amide bonds. The van der Waals surface area contributed by atoms with E-state index in [1.165, 1.54) is 4.90 Å². The number of rotatable bonds is 1. The average Bonchev–Trinajstić information content (AvgIpc) is 2.28. The topological polar surface area (TPSA) is 92.5 Å². The van der Waals surface area contributed by atoms with Crippen molar-refractivity contribution in [1.82, 2.24) is 10.2 Å². The second kappa shape index (κ2) is 4.83. The van der Waals surface area contributed by atoms with Gasteiger partial charge in [-0.15, -0.1) is 0 Å². The van der Waals surface area contributed by atoms with Crippen LogP contribution in [0.1, 0.15) is 25.7 Å². The number of hydrogen-bond donors (Lipinski definition) is 2. The third-order valence-electron chi connectivity index (χ3n) is 3.38. The van der Waals surface area contributed by atoms with Crippen molar-refractivity contribution in [2.75, 3.05) is 13.1 Å². The van der Waals surface area contributed by atoms with E-state index < -0.39 is 11.8 Å². The maximum atomic E-state index is 12.1. The summed E-state index contributed by atoms with van der Waals surface area (Å²) in [5.41, 5.74) is 5.78. The third kappa shape index (κ3) is 2.82. The first-order valence-electron chi connectivity index (χ1n) is 5.93. The number of nitrogens with zero attached hydrogens (tertiary/aromatic N) is 1. The van der Waals surface area contributed by atoms with Gasteiger partial charge in [0.2, 0.25) is 17.7 Å². The molecule has 1 aliphatic carbocycles. The van der Waals surface area contributed by atoms with Gasteiger partial charge in [-0.2, -0.15) is 0 Å². The lowest BCUT2D eigenvalue weighted by Gasteiger charge is -2.32. The van der Waals surface area contributed by atoms with E-state index in [2.05, 4.69) is 5.32 Å². The summed E-state index contributed by atoms with van der Waals surface area (Å²) in [4.78, 5) is 35.8. The van der Waals surface area contributed by atoms with Crippen LogP contribution < -0.4 is 11.1 Å². The Labute approximate surface area is 99.5 Å². The molecule has 0 unspecified atom stereocenters. The van der Waals surface area contributed by atoms with Gasteiger partial charge in [-0.05, 0) is 25.7 Å². The molecule has 0 aromatic rings. The molecule has 6 nitrogen and oxygen atoms in total. The van der Waals surface area contributed by atoms with Gasteiger partial charge >= 0.3 is 0 Å². The molecule has 0 aromatic carbocycles. The first-order chi connectivity index (χ1) is 8.06. The summed E-state index contributed by atoms with van der Waals surface area (Å²) in [6.07, 6.45) is 3.19. The van der Waals surface area contributed by atoms with E-state index in [-0.39, 0.29) is 31.0 Å². The van der Waals surface area contributed by atoms with Gasteiger partial charge in [-0.25, -0.2) is 0 Å². The van der Waals surface area contributed by atoms with Crippen LogP contribution in [-0.2, 0) is 14.4 Å². The molecule has 1 saturated heterocycles. The minimum atomic E-state index is -0.401. The predicted octanol–water partition coefficient (Wildman–Crippen LogP) is -1.01. The van der Waals surface area contributed by atoms with Crippen LogP contribution in [-0.4, -0.2) is 41.8 Å². The van der Waals surface area contributed by atoms with Crippen LogP contribution in [0.2, 0.25) is 0 Å². The molecule has 0 radical (unpaired) electrons. The van der Waals surface area contributed by atoms with Crippen molar-refractivity contribution in [3.63, 3.8) is 0 Å². The molecular formula is C11H17N3O3. The van der Waals surface area contributed by atoms with E-state index in [1.54, 1.807) is 0 Å². The van der Waals surface area contributed by atoms with E-state index in [4.69, 9.17) is 5.73 Å². The molecule has 3 N–H and O–H groups in total. The quantitative estimate of drug-likeness (QED) is 0.573. The van der Waals surface area contributed by atoms with Crippen LogP contribution >= 0.6 is 0 Å². The Morgan fingerprint density at radius 2 is 1.65 bits per heavy atom. The highest BCUT2D eigenvalue weighted by atomic mass is 16.2. The number of carbonyl (C=O) groups excluding carboxylic acids is 3. The van der Waals surface area contributed by atoms with Crippen LogP contribution in [0, 0.1) is 5.92 Å². The zero-order valence-corrected chi connectivity index (χ0v) is 9.65. The molecule has 0 aromatic heterocycles. The van der Waals surface area contributed by atoms with Crippen LogP contribution in [0.4, 0.5) is 0 Å². The number of carbonyl (C=O) groups is 3. The first kappa shape index (κ1) is 12.0. The third-order valence-corrected chi connectivity index (χ3v) is 3.38. The molecule has 1 aliphatic heterocycles. The van der Waals surface area contributed by atoms with Gasteiger partial charge in [0.1, 0.15) is 13.1 Å². The standard InChI is InChI=1S/C11H17N3O3/c12-8-3-1-7(2-4-8)11(17)14-5-9(15)13-10(16)6-14/h7-8H,1-6,12H2,(H,13,15,16). The highest BCUT2D eigenvalue weighted by molar-refractivity contribution is 6.02. The van der Waals surface area contributed by atoms with Crippen molar-refractivity contribution in [2.24, 2.45) is 11.7 Å². The molecule has 2 fully saturated rings. The van der Waals surface area contributed by atoms with Gasteiger partial charge in [0.25, 0.3) is 0 Å². The molecule has 2 rings (SSSR count). The second-order valence-corrected chi connectivity index (χ2v) is 4.78. The minimum absolute atomic E-state index is 0.00682. The largest absolute Gasteiger partial charge is 0.328 e. The van der Waals surface area contributed by atoms with Gasteiger partial charge in [-0.1, -0.05) is 0 Å². The Hall–Kier alpha value is -1.43.